The Morgan fingerprint density at radius 3 is 2.47 bits per heavy atom. The average Bonchev–Trinajstić information content (AvgIpc) is 3.30. The minimum atomic E-state index is -0.666. The molecule has 3 fully saturated rings. The van der Waals surface area contributed by atoms with Crippen LogP contribution in [0.2, 0.25) is 0 Å². The fraction of sp³-hybridized carbons (Fsp3) is 0.731. The van der Waals surface area contributed by atoms with Gasteiger partial charge in [0.25, 0.3) is 0 Å². The number of carbonyl (C=O) groups excluding carboxylic acids is 3. The highest BCUT2D eigenvalue weighted by Crippen LogP contribution is 2.69. The van der Waals surface area contributed by atoms with Gasteiger partial charge in [-0.05, 0) is 49.0 Å². The molecule has 1 aromatic rings. The van der Waals surface area contributed by atoms with Crippen LogP contribution in [0.5, 0.6) is 0 Å². The monoisotopic (exact) mass is 476 g/mol. The summed E-state index contributed by atoms with van der Waals surface area (Å²) in [4.78, 5) is 36.1. The average molecular weight is 477 g/mol. The lowest BCUT2D eigenvalue weighted by Gasteiger charge is -2.63. The van der Waals surface area contributed by atoms with Gasteiger partial charge in [-0.3, -0.25) is 14.4 Å². The summed E-state index contributed by atoms with van der Waals surface area (Å²) < 4.78 is 28.9. The molecule has 1 aromatic heterocycles. The fourth-order valence-electron chi connectivity index (χ4n) is 7.01. The zero-order chi connectivity index (χ0) is 24.7. The van der Waals surface area contributed by atoms with Crippen LogP contribution >= 0.6 is 0 Å². The van der Waals surface area contributed by atoms with Crippen LogP contribution in [0.4, 0.5) is 0 Å². The molecule has 188 valence electrons. The second-order valence-electron chi connectivity index (χ2n) is 10.6. The second kappa shape index (κ2) is 9.02. The Hall–Kier alpha value is -2.35. The van der Waals surface area contributed by atoms with Gasteiger partial charge < -0.3 is 23.4 Å². The predicted octanol–water partition coefficient (Wildman–Crippen LogP) is 4.37. The van der Waals surface area contributed by atoms with Crippen LogP contribution in [0.3, 0.4) is 0 Å². The first-order valence-electron chi connectivity index (χ1n) is 12.2. The highest BCUT2D eigenvalue weighted by atomic mass is 16.6. The van der Waals surface area contributed by atoms with Gasteiger partial charge in [0, 0.05) is 26.3 Å². The molecule has 2 saturated carbocycles. The lowest BCUT2D eigenvalue weighted by molar-refractivity contribution is -0.233. The largest absolute Gasteiger partial charge is 0.472 e. The standard InChI is InChI=1S/C26H36O8/c1-16-11-23(34-19(4)29)26(15-31-17(2)27)22(7-6-9-25(26)14-32-25)24(16,5)12-21(33-18(3)28)20-8-10-30-13-20/h8,10,13,16,21-23H,6-7,9,11-12,14-15H2,1-5H3/t16-,21+,22-,23+,24+,25+,26+/m1/s1. The zero-order valence-electron chi connectivity index (χ0n) is 20.8. The summed E-state index contributed by atoms with van der Waals surface area (Å²) in [6, 6.07) is 1.82. The van der Waals surface area contributed by atoms with Crippen LogP contribution in [0.15, 0.2) is 23.0 Å². The lowest BCUT2D eigenvalue weighted by Crippen LogP contribution is -2.67. The highest BCUT2D eigenvalue weighted by Gasteiger charge is 2.75. The third kappa shape index (κ3) is 4.14. The van der Waals surface area contributed by atoms with Crippen molar-refractivity contribution in [2.75, 3.05) is 13.2 Å². The van der Waals surface area contributed by atoms with E-state index in [4.69, 9.17) is 23.4 Å². The first-order valence-corrected chi connectivity index (χ1v) is 12.2. The van der Waals surface area contributed by atoms with E-state index in [-0.39, 0.29) is 41.8 Å². The molecule has 1 spiro atoms. The van der Waals surface area contributed by atoms with Crippen molar-refractivity contribution in [3.8, 4) is 0 Å². The van der Waals surface area contributed by atoms with Crippen molar-refractivity contribution in [3.63, 3.8) is 0 Å². The summed E-state index contributed by atoms with van der Waals surface area (Å²) in [6.07, 6.45) is 6.15. The Morgan fingerprint density at radius 2 is 1.91 bits per heavy atom. The van der Waals surface area contributed by atoms with Gasteiger partial charge in [-0.1, -0.05) is 20.3 Å². The lowest BCUT2D eigenvalue weighted by atomic mass is 9.42. The molecule has 0 bridgehead atoms. The molecule has 0 N–H and O–H groups in total. The van der Waals surface area contributed by atoms with Crippen molar-refractivity contribution in [1.29, 1.82) is 0 Å². The number of ether oxygens (including phenoxy) is 4. The maximum Gasteiger partial charge on any atom is 0.303 e. The maximum atomic E-state index is 12.2. The SMILES string of the molecule is CC(=O)OC[C@@]12[C@@H](OC(C)=O)C[C@@H](C)[C@](C)(C[C@H](OC(C)=O)c3ccoc3)[C@H]1CCC[C@]21CO1. The van der Waals surface area contributed by atoms with Crippen LogP contribution in [0, 0.1) is 22.7 Å². The fourth-order valence-corrected chi connectivity index (χ4v) is 7.01. The smallest absolute Gasteiger partial charge is 0.303 e. The number of hydrogen-bond donors (Lipinski definition) is 0. The normalized spacial score (nSPS) is 37.4. The van der Waals surface area contributed by atoms with Crippen molar-refractivity contribution in [2.45, 2.75) is 84.5 Å². The quantitative estimate of drug-likeness (QED) is 0.325. The van der Waals surface area contributed by atoms with Gasteiger partial charge in [0.1, 0.15) is 24.4 Å². The van der Waals surface area contributed by atoms with Crippen LogP contribution in [0.25, 0.3) is 0 Å². The van der Waals surface area contributed by atoms with Gasteiger partial charge >= 0.3 is 17.9 Å². The van der Waals surface area contributed by atoms with E-state index < -0.39 is 23.2 Å². The first-order chi connectivity index (χ1) is 16.0. The molecule has 2 aliphatic carbocycles. The maximum absolute atomic E-state index is 12.2. The van der Waals surface area contributed by atoms with Gasteiger partial charge in [0.05, 0.1) is 24.5 Å². The first kappa shape index (κ1) is 24.8. The van der Waals surface area contributed by atoms with Crippen molar-refractivity contribution in [1.82, 2.24) is 0 Å². The van der Waals surface area contributed by atoms with E-state index in [2.05, 4.69) is 13.8 Å². The summed E-state index contributed by atoms with van der Waals surface area (Å²) in [5, 5.41) is 0. The van der Waals surface area contributed by atoms with E-state index in [0.717, 1.165) is 24.8 Å². The highest BCUT2D eigenvalue weighted by molar-refractivity contribution is 5.67. The molecular formula is C26H36O8. The van der Waals surface area contributed by atoms with Crippen LogP contribution < -0.4 is 0 Å². The van der Waals surface area contributed by atoms with E-state index in [1.54, 1.807) is 12.5 Å². The topological polar surface area (TPSA) is 105 Å². The Bertz CT molecular complexity index is 919. The van der Waals surface area contributed by atoms with Gasteiger partial charge in [-0.25, -0.2) is 0 Å². The van der Waals surface area contributed by atoms with E-state index in [9.17, 15) is 14.4 Å². The summed E-state index contributed by atoms with van der Waals surface area (Å²) in [5.41, 5.74) is -0.655. The molecule has 0 radical (unpaired) electrons. The molecule has 1 saturated heterocycles. The van der Waals surface area contributed by atoms with Crippen LogP contribution in [0.1, 0.15) is 78.4 Å². The van der Waals surface area contributed by atoms with Crippen molar-refractivity contribution < 1.29 is 37.7 Å². The molecule has 3 aliphatic rings. The molecule has 8 heteroatoms. The molecule has 2 heterocycles. The third-order valence-corrected chi connectivity index (χ3v) is 8.77. The number of esters is 3. The van der Waals surface area contributed by atoms with Crippen molar-refractivity contribution in [2.24, 2.45) is 22.7 Å². The number of carbonyl (C=O) groups is 3. The summed E-state index contributed by atoms with van der Waals surface area (Å²) in [7, 11) is 0. The molecule has 0 unspecified atom stereocenters. The third-order valence-electron chi connectivity index (χ3n) is 8.77. The Balaban J connectivity index is 1.78. The molecular weight excluding hydrogens is 440 g/mol. The molecule has 1 aliphatic heterocycles. The van der Waals surface area contributed by atoms with E-state index in [0.29, 0.717) is 19.4 Å². The van der Waals surface area contributed by atoms with Gasteiger partial charge in [-0.15, -0.1) is 0 Å². The number of hydrogen-bond acceptors (Lipinski definition) is 8. The zero-order valence-corrected chi connectivity index (χ0v) is 20.8. The summed E-state index contributed by atoms with van der Waals surface area (Å²) in [5.74, 6) is -0.903. The minimum absolute atomic E-state index is 0.0219. The molecule has 4 rings (SSSR count). The molecule has 34 heavy (non-hydrogen) atoms. The summed E-state index contributed by atoms with van der Waals surface area (Å²) >= 11 is 0. The number of rotatable bonds is 7. The number of furan rings is 1. The van der Waals surface area contributed by atoms with E-state index >= 15 is 0 Å². The number of fused-ring (bicyclic) bond motifs is 2. The Labute approximate surface area is 200 Å². The van der Waals surface area contributed by atoms with Gasteiger partial charge in [0.15, 0.2) is 0 Å². The van der Waals surface area contributed by atoms with Gasteiger partial charge in [0.2, 0.25) is 0 Å². The van der Waals surface area contributed by atoms with Crippen LogP contribution in [-0.2, 0) is 33.3 Å². The molecule has 0 aromatic carbocycles. The van der Waals surface area contributed by atoms with Crippen molar-refractivity contribution in [3.05, 3.63) is 24.2 Å². The minimum Gasteiger partial charge on any atom is -0.472 e. The Kier molecular flexibility index (Phi) is 6.57. The number of epoxide rings is 1. The van der Waals surface area contributed by atoms with Crippen LogP contribution in [-0.4, -0.2) is 42.8 Å². The second-order valence-corrected chi connectivity index (χ2v) is 10.6. The predicted molar refractivity (Wildman–Crippen MR) is 120 cm³/mol. The van der Waals surface area contributed by atoms with Gasteiger partial charge in [-0.2, -0.15) is 0 Å². The summed E-state index contributed by atoms with van der Waals surface area (Å²) in [6.45, 7) is 9.32. The van der Waals surface area contributed by atoms with E-state index in [1.807, 2.05) is 6.07 Å². The molecule has 7 atom stereocenters. The van der Waals surface area contributed by atoms with Crippen molar-refractivity contribution >= 4 is 17.9 Å². The molecule has 8 nitrogen and oxygen atoms in total. The molecule has 0 amide bonds. The Morgan fingerprint density at radius 1 is 1.18 bits per heavy atom. The van der Waals surface area contributed by atoms with E-state index in [1.165, 1.54) is 20.8 Å².